The molecule has 19 heavy (non-hydrogen) atoms. The molecule has 1 aliphatic heterocycles. The van der Waals surface area contributed by atoms with Crippen molar-refractivity contribution in [1.82, 2.24) is 9.55 Å². The van der Waals surface area contributed by atoms with Crippen LogP contribution in [0.5, 0.6) is 0 Å². The molecule has 3 N–H and O–H groups in total. The minimum absolute atomic E-state index is 0.00694. The van der Waals surface area contributed by atoms with Crippen molar-refractivity contribution in [3.05, 3.63) is 20.8 Å². The Morgan fingerprint density at radius 1 is 1.53 bits per heavy atom. The summed E-state index contributed by atoms with van der Waals surface area (Å²) in [7, 11) is 1.90. The average Bonchev–Trinajstić information content (AvgIpc) is 2.61. The normalized spacial score (nSPS) is 17.5. The first kappa shape index (κ1) is 12.6. The van der Waals surface area contributed by atoms with E-state index in [4.69, 9.17) is 10.6 Å². The Morgan fingerprint density at radius 3 is 2.95 bits per heavy atom. The molecule has 0 saturated heterocycles. The molecule has 0 spiro atoms. The standard InChI is InChI=1S/C12H16N4O2S/c1-12(2)4-6-7(5-18-12)16(3)9-8(6)10(17)19-11(14-9)15-13/h4-5,13H2,1-3H3,(H,14,15). The number of nitrogens with zero attached hydrogens (tertiary/aromatic N) is 2. The lowest BCUT2D eigenvalue weighted by atomic mass is 9.94. The molecule has 0 bridgehead atoms. The number of nitrogens with one attached hydrogen (secondary N) is 1. The van der Waals surface area contributed by atoms with Crippen LogP contribution < -0.4 is 16.0 Å². The molecule has 0 aromatic carbocycles. The van der Waals surface area contributed by atoms with Crippen LogP contribution in [0.3, 0.4) is 0 Å². The quantitative estimate of drug-likeness (QED) is 0.604. The van der Waals surface area contributed by atoms with E-state index in [1.54, 1.807) is 0 Å². The molecule has 102 valence electrons. The maximum absolute atomic E-state index is 12.3. The SMILES string of the molecule is Cn1c2c(c3c(=O)sc(NN)nc31)CC(C)(C)OC2. The van der Waals surface area contributed by atoms with Crippen molar-refractivity contribution in [3.8, 4) is 0 Å². The number of hydrogen-bond donors (Lipinski definition) is 2. The molecule has 1 aliphatic rings. The summed E-state index contributed by atoms with van der Waals surface area (Å²) >= 11 is 1.04. The van der Waals surface area contributed by atoms with E-state index in [0.29, 0.717) is 22.8 Å². The van der Waals surface area contributed by atoms with Gasteiger partial charge in [-0.15, -0.1) is 0 Å². The Kier molecular flexibility index (Phi) is 2.67. The maximum atomic E-state index is 12.3. The predicted octanol–water partition coefficient (Wildman–Crippen LogP) is 1.13. The van der Waals surface area contributed by atoms with Gasteiger partial charge in [-0.25, -0.2) is 10.8 Å². The number of anilines is 1. The van der Waals surface area contributed by atoms with Crippen LogP contribution in [-0.4, -0.2) is 15.2 Å². The van der Waals surface area contributed by atoms with Crippen LogP contribution in [0.15, 0.2) is 4.79 Å². The van der Waals surface area contributed by atoms with Gasteiger partial charge in [-0.3, -0.25) is 10.2 Å². The van der Waals surface area contributed by atoms with E-state index < -0.39 is 0 Å². The van der Waals surface area contributed by atoms with Gasteiger partial charge in [0, 0.05) is 19.2 Å². The van der Waals surface area contributed by atoms with Crippen LogP contribution >= 0.6 is 11.3 Å². The number of aryl methyl sites for hydroxylation is 1. The molecule has 0 atom stereocenters. The highest BCUT2D eigenvalue weighted by Gasteiger charge is 2.31. The van der Waals surface area contributed by atoms with Crippen LogP contribution in [0.1, 0.15) is 25.1 Å². The molecule has 0 radical (unpaired) electrons. The summed E-state index contributed by atoms with van der Waals surface area (Å²) in [5.41, 5.74) is 4.96. The van der Waals surface area contributed by atoms with Crippen molar-refractivity contribution < 1.29 is 4.74 Å². The molecule has 2 aromatic rings. The van der Waals surface area contributed by atoms with Crippen LogP contribution in [0, 0.1) is 0 Å². The first-order valence-corrected chi connectivity index (χ1v) is 6.86. The molecular weight excluding hydrogens is 264 g/mol. The number of rotatable bonds is 1. The minimum atomic E-state index is -0.247. The van der Waals surface area contributed by atoms with E-state index in [2.05, 4.69) is 10.4 Å². The Bertz CT molecular complexity index is 717. The molecule has 0 aliphatic carbocycles. The smallest absolute Gasteiger partial charge is 0.247 e. The third-order valence-electron chi connectivity index (χ3n) is 3.52. The van der Waals surface area contributed by atoms with Crippen molar-refractivity contribution >= 4 is 27.5 Å². The number of nitrogens with two attached hydrogens (primary N) is 1. The monoisotopic (exact) mass is 280 g/mol. The van der Waals surface area contributed by atoms with Crippen LogP contribution in [0.4, 0.5) is 5.13 Å². The van der Waals surface area contributed by atoms with Crippen molar-refractivity contribution in [1.29, 1.82) is 0 Å². The van der Waals surface area contributed by atoms with Crippen molar-refractivity contribution in [2.75, 3.05) is 5.43 Å². The Morgan fingerprint density at radius 2 is 2.26 bits per heavy atom. The lowest BCUT2D eigenvalue weighted by Crippen LogP contribution is -2.32. The molecule has 0 fully saturated rings. The first-order chi connectivity index (χ1) is 8.93. The number of aromatic nitrogens is 2. The largest absolute Gasteiger partial charge is 0.369 e. The van der Waals surface area contributed by atoms with E-state index in [0.717, 1.165) is 29.0 Å². The number of hydrogen-bond acceptors (Lipinski definition) is 6. The Balaban J connectivity index is 2.35. The highest BCUT2D eigenvalue weighted by Crippen LogP contribution is 2.33. The van der Waals surface area contributed by atoms with Crippen molar-refractivity contribution in [3.63, 3.8) is 0 Å². The zero-order valence-corrected chi connectivity index (χ0v) is 11.9. The molecular formula is C12H16N4O2S. The van der Waals surface area contributed by atoms with Crippen LogP contribution in [-0.2, 0) is 24.8 Å². The van der Waals surface area contributed by atoms with E-state index in [1.165, 1.54) is 0 Å². The number of nitrogen functional groups attached to an aromatic ring is 1. The molecule has 3 heterocycles. The summed E-state index contributed by atoms with van der Waals surface area (Å²) in [6.07, 6.45) is 0.721. The summed E-state index contributed by atoms with van der Waals surface area (Å²) < 4.78 is 7.73. The fourth-order valence-electron chi connectivity index (χ4n) is 2.56. The van der Waals surface area contributed by atoms with E-state index in [1.807, 2.05) is 25.5 Å². The molecule has 2 aromatic heterocycles. The fourth-order valence-corrected chi connectivity index (χ4v) is 3.24. The predicted molar refractivity (Wildman–Crippen MR) is 75.2 cm³/mol. The van der Waals surface area contributed by atoms with Crippen LogP contribution in [0.2, 0.25) is 0 Å². The molecule has 0 amide bonds. The van der Waals surface area contributed by atoms with Gasteiger partial charge in [0.05, 0.1) is 17.6 Å². The first-order valence-electron chi connectivity index (χ1n) is 6.05. The summed E-state index contributed by atoms with van der Waals surface area (Å²) in [6, 6.07) is 0. The Hall–Kier alpha value is -1.44. The highest BCUT2D eigenvalue weighted by molar-refractivity contribution is 7.13. The summed E-state index contributed by atoms with van der Waals surface area (Å²) in [6.45, 7) is 4.57. The van der Waals surface area contributed by atoms with Gasteiger partial charge < -0.3 is 9.30 Å². The third-order valence-corrected chi connectivity index (χ3v) is 4.31. The molecule has 7 heteroatoms. The van der Waals surface area contributed by atoms with Crippen LogP contribution in [0.25, 0.3) is 11.0 Å². The second-order valence-corrected chi connectivity index (χ2v) is 6.32. The molecule has 3 rings (SSSR count). The van der Waals surface area contributed by atoms with Gasteiger partial charge >= 0.3 is 0 Å². The molecule has 0 unspecified atom stereocenters. The van der Waals surface area contributed by atoms with Gasteiger partial charge in [0.15, 0.2) is 0 Å². The van der Waals surface area contributed by atoms with Crippen molar-refractivity contribution in [2.24, 2.45) is 12.9 Å². The second kappa shape index (κ2) is 4.03. The number of fused-ring (bicyclic) bond motifs is 3. The minimum Gasteiger partial charge on any atom is -0.369 e. The lowest BCUT2D eigenvalue weighted by molar-refractivity contribution is -0.0422. The van der Waals surface area contributed by atoms with Gasteiger partial charge in [-0.05, 0) is 19.4 Å². The summed E-state index contributed by atoms with van der Waals surface area (Å²) in [4.78, 5) is 16.7. The topological polar surface area (TPSA) is 82.2 Å². The van der Waals surface area contributed by atoms with Gasteiger partial charge in [0.25, 0.3) is 0 Å². The van der Waals surface area contributed by atoms with Crippen molar-refractivity contribution in [2.45, 2.75) is 32.5 Å². The lowest BCUT2D eigenvalue weighted by Gasteiger charge is -2.30. The van der Waals surface area contributed by atoms with Gasteiger partial charge in [-0.1, -0.05) is 11.3 Å². The molecule has 0 saturated carbocycles. The van der Waals surface area contributed by atoms with Gasteiger partial charge in [0.1, 0.15) is 5.65 Å². The number of hydrazine groups is 1. The van der Waals surface area contributed by atoms with E-state index >= 15 is 0 Å². The van der Waals surface area contributed by atoms with E-state index in [9.17, 15) is 4.79 Å². The Labute approximate surface area is 114 Å². The zero-order chi connectivity index (χ0) is 13.8. The average molecular weight is 280 g/mol. The molecule has 6 nitrogen and oxygen atoms in total. The second-order valence-electron chi connectivity index (χ2n) is 5.36. The van der Waals surface area contributed by atoms with Gasteiger partial charge in [-0.2, -0.15) is 0 Å². The zero-order valence-electron chi connectivity index (χ0n) is 11.1. The third kappa shape index (κ3) is 1.85. The summed E-state index contributed by atoms with van der Waals surface area (Å²) in [5, 5.41) is 1.13. The van der Waals surface area contributed by atoms with E-state index in [-0.39, 0.29) is 10.3 Å². The fraction of sp³-hybridized carbons (Fsp3) is 0.500. The maximum Gasteiger partial charge on any atom is 0.247 e. The highest BCUT2D eigenvalue weighted by atomic mass is 32.1. The van der Waals surface area contributed by atoms with Gasteiger partial charge in [0.2, 0.25) is 9.87 Å². The number of ether oxygens (including phenoxy) is 1. The summed E-state index contributed by atoms with van der Waals surface area (Å²) in [5.74, 6) is 5.35.